The van der Waals surface area contributed by atoms with Crippen LogP contribution in [0.3, 0.4) is 0 Å². The van der Waals surface area contributed by atoms with Gasteiger partial charge in [-0.05, 0) is 78.5 Å². The SMILES string of the molecule is CCCNC(Cc1cncc(Br)c1)c1cc(C)nc(C)c1. The first-order valence-electron chi connectivity index (χ1n) is 7.36. The van der Waals surface area contributed by atoms with Crippen molar-refractivity contribution in [3.63, 3.8) is 0 Å². The molecular weight excluding hydrogens is 326 g/mol. The first kappa shape index (κ1) is 16.1. The highest BCUT2D eigenvalue weighted by molar-refractivity contribution is 9.10. The van der Waals surface area contributed by atoms with Gasteiger partial charge >= 0.3 is 0 Å². The van der Waals surface area contributed by atoms with Crippen LogP contribution >= 0.6 is 15.9 Å². The van der Waals surface area contributed by atoms with Gasteiger partial charge in [-0.3, -0.25) is 9.97 Å². The van der Waals surface area contributed by atoms with Crippen molar-refractivity contribution in [2.75, 3.05) is 6.54 Å². The number of nitrogens with zero attached hydrogens (tertiary/aromatic N) is 2. The first-order valence-corrected chi connectivity index (χ1v) is 8.15. The molecule has 3 nitrogen and oxygen atoms in total. The normalized spacial score (nSPS) is 12.4. The van der Waals surface area contributed by atoms with Gasteiger partial charge in [0.1, 0.15) is 0 Å². The molecule has 2 rings (SSSR count). The number of hydrogen-bond acceptors (Lipinski definition) is 3. The molecule has 0 saturated carbocycles. The van der Waals surface area contributed by atoms with Gasteiger partial charge in [-0.2, -0.15) is 0 Å². The van der Waals surface area contributed by atoms with Crippen molar-refractivity contribution in [3.8, 4) is 0 Å². The molecule has 0 amide bonds. The zero-order valence-electron chi connectivity index (χ0n) is 12.9. The summed E-state index contributed by atoms with van der Waals surface area (Å²) in [5, 5.41) is 3.64. The summed E-state index contributed by atoms with van der Waals surface area (Å²) in [5.41, 5.74) is 4.67. The molecule has 1 unspecified atom stereocenters. The van der Waals surface area contributed by atoms with Gasteiger partial charge in [-0.1, -0.05) is 6.92 Å². The molecule has 0 bridgehead atoms. The molecule has 0 aromatic carbocycles. The quantitative estimate of drug-likeness (QED) is 0.853. The number of hydrogen-bond donors (Lipinski definition) is 1. The molecule has 2 aromatic rings. The topological polar surface area (TPSA) is 37.8 Å². The van der Waals surface area contributed by atoms with Crippen LogP contribution in [0.1, 0.15) is 41.9 Å². The Morgan fingerprint density at radius 3 is 2.48 bits per heavy atom. The highest BCUT2D eigenvalue weighted by atomic mass is 79.9. The van der Waals surface area contributed by atoms with E-state index in [-0.39, 0.29) is 0 Å². The van der Waals surface area contributed by atoms with Crippen LogP contribution < -0.4 is 5.32 Å². The third kappa shape index (κ3) is 4.90. The second-order valence-corrected chi connectivity index (χ2v) is 6.32. The lowest BCUT2D eigenvalue weighted by molar-refractivity contribution is 0.527. The van der Waals surface area contributed by atoms with Crippen molar-refractivity contribution in [3.05, 3.63) is 57.6 Å². The predicted molar refractivity (Wildman–Crippen MR) is 90.4 cm³/mol. The van der Waals surface area contributed by atoms with Crippen LogP contribution in [0.5, 0.6) is 0 Å². The molecule has 0 aliphatic heterocycles. The summed E-state index contributed by atoms with van der Waals surface area (Å²) in [5.74, 6) is 0. The third-order valence-corrected chi connectivity index (χ3v) is 3.78. The van der Waals surface area contributed by atoms with E-state index in [1.165, 1.54) is 11.1 Å². The summed E-state index contributed by atoms with van der Waals surface area (Å²) in [6, 6.07) is 6.77. The second kappa shape index (κ2) is 7.66. The summed E-state index contributed by atoms with van der Waals surface area (Å²) in [6.45, 7) is 7.29. The van der Waals surface area contributed by atoms with E-state index in [2.05, 4.69) is 56.3 Å². The van der Waals surface area contributed by atoms with Crippen LogP contribution in [0.15, 0.2) is 35.1 Å². The zero-order valence-corrected chi connectivity index (χ0v) is 14.4. The fourth-order valence-electron chi connectivity index (χ4n) is 2.50. The Kier molecular flexibility index (Phi) is 5.88. The van der Waals surface area contributed by atoms with Crippen LogP contribution in [0.4, 0.5) is 0 Å². The van der Waals surface area contributed by atoms with Gasteiger partial charge in [-0.15, -0.1) is 0 Å². The Hall–Kier alpha value is -1.26. The smallest absolute Gasteiger partial charge is 0.0410 e. The molecule has 4 heteroatoms. The van der Waals surface area contributed by atoms with Crippen LogP contribution in [0, 0.1) is 13.8 Å². The number of rotatable bonds is 6. The van der Waals surface area contributed by atoms with E-state index in [0.29, 0.717) is 6.04 Å². The molecule has 0 spiro atoms. The van der Waals surface area contributed by atoms with Gasteiger partial charge in [0.25, 0.3) is 0 Å². The summed E-state index contributed by atoms with van der Waals surface area (Å²) < 4.78 is 1.02. The molecule has 0 aliphatic carbocycles. The number of pyridine rings is 2. The predicted octanol–water partition coefficient (Wildman–Crippen LogP) is 4.14. The largest absolute Gasteiger partial charge is 0.310 e. The monoisotopic (exact) mass is 347 g/mol. The van der Waals surface area contributed by atoms with E-state index in [1.807, 2.05) is 26.2 Å². The van der Waals surface area contributed by atoms with E-state index in [0.717, 1.165) is 35.2 Å². The Balaban J connectivity index is 2.25. The first-order chi connectivity index (χ1) is 10.1. The number of aryl methyl sites for hydroxylation is 2. The van der Waals surface area contributed by atoms with Gasteiger partial charge < -0.3 is 5.32 Å². The summed E-state index contributed by atoms with van der Waals surface area (Å²) in [6.07, 6.45) is 5.80. The van der Waals surface area contributed by atoms with Gasteiger partial charge in [0.05, 0.1) is 0 Å². The fraction of sp³-hybridized carbons (Fsp3) is 0.412. The highest BCUT2D eigenvalue weighted by Crippen LogP contribution is 2.21. The highest BCUT2D eigenvalue weighted by Gasteiger charge is 2.13. The van der Waals surface area contributed by atoms with Crippen LogP contribution in [-0.2, 0) is 6.42 Å². The minimum atomic E-state index is 0.293. The molecule has 2 heterocycles. The second-order valence-electron chi connectivity index (χ2n) is 5.41. The van der Waals surface area contributed by atoms with E-state index in [4.69, 9.17) is 0 Å². The molecule has 112 valence electrons. The van der Waals surface area contributed by atoms with Crippen molar-refractivity contribution in [1.29, 1.82) is 0 Å². The van der Waals surface area contributed by atoms with Gasteiger partial charge in [0.15, 0.2) is 0 Å². The van der Waals surface area contributed by atoms with Gasteiger partial charge in [-0.25, -0.2) is 0 Å². The van der Waals surface area contributed by atoms with E-state index in [9.17, 15) is 0 Å². The van der Waals surface area contributed by atoms with Crippen LogP contribution in [-0.4, -0.2) is 16.5 Å². The molecule has 0 fully saturated rings. The van der Waals surface area contributed by atoms with Crippen molar-refractivity contribution in [1.82, 2.24) is 15.3 Å². The van der Waals surface area contributed by atoms with Gasteiger partial charge in [0, 0.05) is 34.3 Å². The molecule has 0 saturated heterocycles. The van der Waals surface area contributed by atoms with Crippen molar-refractivity contribution >= 4 is 15.9 Å². The standard InChI is InChI=1S/C17H22BrN3/c1-4-5-20-17(9-14-8-16(18)11-19-10-14)15-6-12(2)21-13(3)7-15/h6-8,10-11,17,20H,4-5,9H2,1-3H3. The Bertz CT molecular complexity index is 578. The molecule has 21 heavy (non-hydrogen) atoms. The van der Waals surface area contributed by atoms with E-state index < -0.39 is 0 Å². The number of aromatic nitrogens is 2. The Labute approximate surface area is 135 Å². The third-order valence-electron chi connectivity index (χ3n) is 3.35. The summed E-state index contributed by atoms with van der Waals surface area (Å²) >= 11 is 3.49. The average Bonchev–Trinajstić information content (AvgIpc) is 2.42. The minimum absolute atomic E-state index is 0.293. The lowest BCUT2D eigenvalue weighted by Gasteiger charge is -2.20. The molecule has 0 aliphatic rings. The summed E-state index contributed by atoms with van der Waals surface area (Å²) in [4.78, 5) is 8.73. The number of halogens is 1. The molecule has 1 atom stereocenters. The maximum absolute atomic E-state index is 4.47. The van der Waals surface area contributed by atoms with E-state index >= 15 is 0 Å². The fourth-order valence-corrected chi connectivity index (χ4v) is 2.91. The Morgan fingerprint density at radius 2 is 1.86 bits per heavy atom. The lowest BCUT2D eigenvalue weighted by atomic mass is 9.99. The zero-order chi connectivity index (χ0) is 15.2. The molecule has 1 N–H and O–H groups in total. The van der Waals surface area contributed by atoms with Crippen molar-refractivity contribution < 1.29 is 0 Å². The maximum Gasteiger partial charge on any atom is 0.0410 e. The molecule has 0 radical (unpaired) electrons. The van der Waals surface area contributed by atoms with Crippen molar-refractivity contribution in [2.45, 2.75) is 39.7 Å². The molecular formula is C17H22BrN3. The lowest BCUT2D eigenvalue weighted by Crippen LogP contribution is -2.24. The van der Waals surface area contributed by atoms with Crippen LogP contribution in [0.2, 0.25) is 0 Å². The average molecular weight is 348 g/mol. The van der Waals surface area contributed by atoms with Gasteiger partial charge in [0.2, 0.25) is 0 Å². The number of nitrogens with one attached hydrogen (secondary N) is 1. The minimum Gasteiger partial charge on any atom is -0.310 e. The maximum atomic E-state index is 4.47. The van der Waals surface area contributed by atoms with Crippen LogP contribution in [0.25, 0.3) is 0 Å². The summed E-state index contributed by atoms with van der Waals surface area (Å²) in [7, 11) is 0. The van der Waals surface area contributed by atoms with E-state index in [1.54, 1.807) is 0 Å². The van der Waals surface area contributed by atoms with Crippen molar-refractivity contribution in [2.24, 2.45) is 0 Å². The Morgan fingerprint density at radius 1 is 1.14 bits per heavy atom. The molecule has 2 aromatic heterocycles.